The van der Waals surface area contributed by atoms with Gasteiger partial charge < -0.3 is 27.4 Å². The molecule has 0 saturated heterocycles. The van der Waals surface area contributed by atoms with Crippen molar-refractivity contribution in [3.05, 3.63) is 0 Å². The smallest absolute Gasteiger partial charge is 0.344 e. The van der Waals surface area contributed by atoms with Gasteiger partial charge in [-0.25, -0.2) is 0 Å². The van der Waals surface area contributed by atoms with Gasteiger partial charge in [-0.3, -0.25) is 9.36 Å². The van der Waals surface area contributed by atoms with E-state index in [2.05, 4.69) is 0 Å². The predicted molar refractivity (Wildman–Crippen MR) is 98.8 cm³/mol. The van der Waals surface area contributed by atoms with Crippen molar-refractivity contribution in [2.24, 2.45) is 0 Å². The molecule has 0 aliphatic carbocycles. The lowest BCUT2D eigenvalue weighted by Gasteiger charge is -2.21. The van der Waals surface area contributed by atoms with Gasteiger partial charge in [-0.05, 0) is 48.5 Å². The van der Waals surface area contributed by atoms with Crippen molar-refractivity contribution in [1.29, 1.82) is 0 Å². The van der Waals surface area contributed by atoms with Gasteiger partial charge in [0.25, 0.3) is 0 Å². The fourth-order valence-corrected chi connectivity index (χ4v) is 3.87. The molecule has 0 aromatic rings. The van der Waals surface area contributed by atoms with Crippen LogP contribution in [0.4, 0.5) is 0 Å². The first-order valence-electron chi connectivity index (χ1n) is 8.60. The van der Waals surface area contributed by atoms with Crippen LogP contribution in [0.5, 0.6) is 0 Å². The Morgan fingerprint density at radius 2 is 1.20 bits per heavy atom. The van der Waals surface area contributed by atoms with Crippen LogP contribution in [0.3, 0.4) is 0 Å². The van der Waals surface area contributed by atoms with Gasteiger partial charge in [0.15, 0.2) is 5.66 Å². The summed E-state index contributed by atoms with van der Waals surface area (Å²) in [4.78, 5) is 11.4. The van der Waals surface area contributed by atoms with Gasteiger partial charge in [0.1, 0.15) is 0 Å². The van der Waals surface area contributed by atoms with E-state index in [0.717, 1.165) is 0 Å². The van der Waals surface area contributed by atoms with Crippen LogP contribution in [0, 0.1) is 0 Å². The molecule has 0 N–H and O–H groups in total. The van der Waals surface area contributed by atoms with Crippen molar-refractivity contribution >= 4 is 22.2 Å². The minimum absolute atomic E-state index is 0.237. The van der Waals surface area contributed by atoms with Gasteiger partial charge in [0, 0.05) is 0 Å². The molecule has 0 spiro atoms. The molecule has 0 rings (SSSR count). The van der Waals surface area contributed by atoms with E-state index in [4.69, 9.17) is 27.4 Å². The third-order valence-electron chi connectivity index (χ3n) is 2.42. The van der Waals surface area contributed by atoms with Crippen LogP contribution < -0.4 is 0 Å². The third kappa shape index (κ3) is 12.8. The Morgan fingerprint density at radius 1 is 0.800 bits per heavy atom. The van der Waals surface area contributed by atoms with Gasteiger partial charge in [0.05, 0.1) is 39.6 Å². The lowest BCUT2D eigenvalue weighted by molar-refractivity contribution is -0.142. The summed E-state index contributed by atoms with van der Waals surface area (Å²) in [5.74, 6) is -0.553. The van der Waals surface area contributed by atoms with Crippen LogP contribution >= 0.6 is 16.2 Å². The van der Waals surface area contributed by atoms with Crippen LogP contribution in [0.25, 0.3) is 0 Å². The van der Waals surface area contributed by atoms with E-state index in [1.165, 1.54) is 6.92 Å². The van der Waals surface area contributed by atoms with Crippen LogP contribution in [0.15, 0.2) is 0 Å². The molecule has 25 heavy (non-hydrogen) atoms. The summed E-state index contributed by atoms with van der Waals surface area (Å²) in [6.07, 6.45) is 0. The number of hydrogen-bond donors (Lipinski definition) is 0. The van der Waals surface area contributed by atoms with E-state index in [9.17, 15) is 9.36 Å². The molecule has 152 valence electrons. The average molecular weight is 404 g/mol. The minimum Gasteiger partial charge on any atom is -0.465 e. The zero-order chi connectivity index (χ0) is 19.7. The molecule has 1 unspecified atom stereocenters. The monoisotopic (exact) mass is 404 g/mol. The zero-order valence-electron chi connectivity index (χ0n) is 16.5. The standard InChI is InChI=1S/C9H19O5P.C6H15O3P/c1-5-12-9(10)8(4)15(11,13-6-2)14-7-3;1-4-7-10(8-5-2)9-6-3/h8H,5-7H2,1-4H3;4-6H2,1-3H3. The quantitative estimate of drug-likeness (QED) is 0.327. The number of carbonyl (C=O) groups is 1. The van der Waals surface area contributed by atoms with Crippen molar-refractivity contribution in [2.45, 2.75) is 54.1 Å². The van der Waals surface area contributed by atoms with Gasteiger partial charge in [-0.2, -0.15) is 0 Å². The third-order valence-corrected chi connectivity index (χ3v) is 6.23. The van der Waals surface area contributed by atoms with Crippen molar-refractivity contribution in [3.8, 4) is 0 Å². The lowest BCUT2D eigenvalue weighted by Crippen LogP contribution is -2.22. The Balaban J connectivity index is 0. The van der Waals surface area contributed by atoms with Crippen molar-refractivity contribution in [1.82, 2.24) is 0 Å². The maximum absolute atomic E-state index is 12.1. The summed E-state index contributed by atoms with van der Waals surface area (Å²) in [6, 6.07) is 0. The summed E-state index contributed by atoms with van der Waals surface area (Å²) in [5.41, 5.74) is -0.877. The lowest BCUT2D eigenvalue weighted by atomic mass is 10.5. The summed E-state index contributed by atoms with van der Waals surface area (Å²) in [6.45, 7) is 15.0. The van der Waals surface area contributed by atoms with E-state index in [-0.39, 0.29) is 19.8 Å². The van der Waals surface area contributed by atoms with E-state index in [1.807, 2.05) is 20.8 Å². The Bertz CT molecular complexity index is 343. The molecule has 0 bridgehead atoms. The number of esters is 1. The molecule has 0 aromatic carbocycles. The normalized spacial score (nSPS) is 12.5. The van der Waals surface area contributed by atoms with E-state index in [0.29, 0.717) is 19.8 Å². The Kier molecular flexibility index (Phi) is 18.8. The molecular weight excluding hydrogens is 370 g/mol. The fourth-order valence-electron chi connectivity index (χ4n) is 1.44. The van der Waals surface area contributed by atoms with Gasteiger partial charge in [-0.1, -0.05) is 0 Å². The molecular formula is C15H34O8P2. The summed E-state index contributed by atoms with van der Waals surface area (Å²) >= 11 is 0. The molecule has 0 amide bonds. The Hall–Kier alpha value is -0.0700. The first-order valence-corrected chi connectivity index (χ1v) is 11.3. The molecule has 0 fully saturated rings. The van der Waals surface area contributed by atoms with Crippen LogP contribution in [0.1, 0.15) is 48.5 Å². The summed E-state index contributed by atoms with van der Waals surface area (Å²) in [7, 11) is -4.43. The summed E-state index contributed by atoms with van der Waals surface area (Å²) in [5, 5.41) is 0. The summed E-state index contributed by atoms with van der Waals surface area (Å²) < 4.78 is 42.3. The molecule has 1 atom stereocenters. The molecule has 0 aliphatic rings. The second-order valence-electron chi connectivity index (χ2n) is 4.28. The zero-order valence-corrected chi connectivity index (χ0v) is 18.3. The maximum Gasteiger partial charge on any atom is 0.344 e. The van der Waals surface area contributed by atoms with Crippen molar-refractivity contribution < 1.29 is 36.7 Å². The molecule has 0 saturated carbocycles. The fraction of sp³-hybridized carbons (Fsp3) is 0.933. The highest BCUT2D eigenvalue weighted by molar-refractivity contribution is 7.55. The highest BCUT2D eigenvalue weighted by Crippen LogP contribution is 2.53. The number of carbonyl (C=O) groups excluding carboxylic acids is 1. The number of ether oxygens (including phenoxy) is 1. The highest BCUT2D eigenvalue weighted by Gasteiger charge is 2.38. The SMILES string of the molecule is CCOC(=O)C(C)P(=O)(OCC)OCC.CCOP(OCC)OCC. The molecule has 0 radical (unpaired) electrons. The molecule has 10 heteroatoms. The van der Waals surface area contributed by atoms with Crippen LogP contribution in [-0.2, 0) is 36.7 Å². The minimum atomic E-state index is -3.37. The van der Waals surface area contributed by atoms with Gasteiger partial charge in [-0.15, -0.1) is 0 Å². The van der Waals surface area contributed by atoms with E-state index < -0.39 is 27.8 Å². The van der Waals surface area contributed by atoms with E-state index >= 15 is 0 Å². The Morgan fingerprint density at radius 3 is 1.48 bits per heavy atom. The second kappa shape index (κ2) is 17.3. The predicted octanol–water partition coefficient (Wildman–Crippen LogP) is 4.53. The van der Waals surface area contributed by atoms with Crippen LogP contribution in [0.2, 0.25) is 0 Å². The molecule has 0 aromatic heterocycles. The van der Waals surface area contributed by atoms with Crippen molar-refractivity contribution in [3.63, 3.8) is 0 Å². The molecule has 8 nitrogen and oxygen atoms in total. The van der Waals surface area contributed by atoms with Gasteiger partial charge in [0.2, 0.25) is 0 Å². The van der Waals surface area contributed by atoms with E-state index in [1.54, 1.807) is 20.8 Å². The van der Waals surface area contributed by atoms with Gasteiger partial charge >= 0.3 is 22.2 Å². The topological polar surface area (TPSA) is 89.5 Å². The number of hydrogen-bond acceptors (Lipinski definition) is 8. The molecule has 0 aliphatic heterocycles. The highest BCUT2D eigenvalue weighted by atomic mass is 31.2. The first-order chi connectivity index (χ1) is 11.9. The van der Waals surface area contributed by atoms with Crippen LogP contribution in [-0.4, -0.2) is 51.3 Å². The average Bonchev–Trinajstić information content (AvgIpc) is 2.56. The second-order valence-corrected chi connectivity index (χ2v) is 7.87. The Labute approximate surface area is 153 Å². The van der Waals surface area contributed by atoms with Crippen molar-refractivity contribution in [2.75, 3.05) is 39.6 Å². The first kappa shape index (κ1) is 27.2. The molecule has 0 heterocycles. The number of rotatable bonds is 13. The largest absolute Gasteiger partial charge is 0.465 e. The maximum atomic E-state index is 12.1.